The third-order valence-corrected chi connectivity index (χ3v) is 5.41. The SMILES string of the molecule is COc1ccsc1C(O)c1c(C)c(C)c(C)c(C)c1C. The second kappa shape index (κ2) is 5.58. The lowest BCUT2D eigenvalue weighted by molar-refractivity contribution is 0.217. The zero-order chi connectivity index (χ0) is 15.0. The van der Waals surface area contributed by atoms with Crippen molar-refractivity contribution >= 4 is 11.3 Å². The Balaban J connectivity index is 2.64. The summed E-state index contributed by atoms with van der Waals surface area (Å²) in [6.07, 6.45) is -0.622. The highest BCUT2D eigenvalue weighted by Gasteiger charge is 2.23. The molecule has 0 spiro atoms. The van der Waals surface area contributed by atoms with Crippen LogP contribution in [0.15, 0.2) is 11.4 Å². The second-order valence-corrected chi connectivity index (χ2v) is 6.24. The van der Waals surface area contributed by atoms with Gasteiger partial charge < -0.3 is 9.84 Å². The molecule has 0 radical (unpaired) electrons. The van der Waals surface area contributed by atoms with E-state index in [1.807, 2.05) is 11.4 Å². The summed E-state index contributed by atoms with van der Waals surface area (Å²) in [5.41, 5.74) is 7.21. The minimum atomic E-state index is -0.622. The number of aliphatic hydroxyl groups is 1. The molecular weight excluding hydrogens is 268 g/mol. The maximum absolute atomic E-state index is 10.8. The Labute approximate surface area is 125 Å². The predicted molar refractivity (Wildman–Crippen MR) is 85.1 cm³/mol. The van der Waals surface area contributed by atoms with Crippen molar-refractivity contribution < 1.29 is 9.84 Å². The summed E-state index contributed by atoms with van der Waals surface area (Å²) in [4.78, 5) is 0.876. The molecule has 108 valence electrons. The molecule has 1 heterocycles. The Morgan fingerprint density at radius 3 is 1.95 bits per heavy atom. The van der Waals surface area contributed by atoms with Crippen LogP contribution in [0.1, 0.15) is 44.4 Å². The molecule has 0 aliphatic rings. The van der Waals surface area contributed by atoms with E-state index in [-0.39, 0.29) is 0 Å². The van der Waals surface area contributed by atoms with Crippen molar-refractivity contribution in [2.24, 2.45) is 0 Å². The summed E-state index contributed by atoms with van der Waals surface area (Å²) in [5.74, 6) is 0.761. The summed E-state index contributed by atoms with van der Waals surface area (Å²) in [7, 11) is 1.64. The molecule has 1 unspecified atom stereocenters. The lowest BCUT2D eigenvalue weighted by Gasteiger charge is -2.22. The van der Waals surface area contributed by atoms with Crippen molar-refractivity contribution in [1.29, 1.82) is 0 Å². The van der Waals surface area contributed by atoms with Crippen LogP contribution in [0.2, 0.25) is 0 Å². The minimum Gasteiger partial charge on any atom is -0.495 e. The highest BCUT2D eigenvalue weighted by atomic mass is 32.1. The maximum Gasteiger partial charge on any atom is 0.135 e. The van der Waals surface area contributed by atoms with Gasteiger partial charge in [-0.2, -0.15) is 0 Å². The number of hydrogen-bond acceptors (Lipinski definition) is 3. The molecule has 0 aliphatic heterocycles. The van der Waals surface area contributed by atoms with Crippen LogP contribution in [0.5, 0.6) is 5.75 Å². The molecule has 1 atom stereocenters. The quantitative estimate of drug-likeness (QED) is 0.909. The predicted octanol–water partition coefficient (Wildman–Crippen LogP) is 4.38. The minimum absolute atomic E-state index is 0.622. The van der Waals surface area contributed by atoms with Gasteiger partial charge in [0.15, 0.2) is 0 Å². The van der Waals surface area contributed by atoms with Crippen LogP contribution < -0.4 is 4.74 Å². The van der Waals surface area contributed by atoms with E-state index in [0.717, 1.165) is 16.2 Å². The number of benzene rings is 1. The smallest absolute Gasteiger partial charge is 0.135 e. The number of ether oxygens (including phenoxy) is 1. The van der Waals surface area contributed by atoms with Gasteiger partial charge in [-0.05, 0) is 79.4 Å². The Kier molecular flexibility index (Phi) is 4.21. The van der Waals surface area contributed by atoms with Crippen LogP contribution in [0, 0.1) is 34.6 Å². The van der Waals surface area contributed by atoms with E-state index < -0.39 is 6.10 Å². The number of thiophene rings is 1. The van der Waals surface area contributed by atoms with E-state index in [4.69, 9.17) is 4.74 Å². The molecule has 0 bridgehead atoms. The Morgan fingerprint density at radius 2 is 1.45 bits per heavy atom. The van der Waals surface area contributed by atoms with Gasteiger partial charge in [-0.25, -0.2) is 0 Å². The molecule has 1 N–H and O–H groups in total. The van der Waals surface area contributed by atoms with Crippen molar-refractivity contribution in [3.05, 3.63) is 49.7 Å². The second-order valence-electron chi connectivity index (χ2n) is 5.29. The Hall–Kier alpha value is -1.32. The fraction of sp³-hybridized carbons (Fsp3) is 0.412. The highest BCUT2D eigenvalue weighted by molar-refractivity contribution is 7.10. The molecule has 3 heteroatoms. The average Bonchev–Trinajstić information content (AvgIpc) is 2.91. The first-order valence-electron chi connectivity index (χ1n) is 6.76. The van der Waals surface area contributed by atoms with Crippen molar-refractivity contribution in [3.8, 4) is 5.75 Å². The van der Waals surface area contributed by atoms with Gasteiger partial charge in [0, 0.05) is 0 Å². The largest absolute Gasteiger partial charge is 0.495 e. The molecule has 0 fully saturated rings. The lowest BCUT2D eigenvalue weighted by atomic mass is 9.87. The van der Waals surface area contributed by atoms with Crippen LogP contribution >= 0.6 is 11.3 Å². The van der Waals surface area contributed by atoms with Gasteiger partial charge in [0.25, 0.3) is 0 Å². The molecule has 0 saturated carbocycles. The van der Waals surface area contributed by atoms with Gasteiger partial charge >= 0.3 is 0 Å². The molecular formula is C17H22O2S. The zero-order valence-electron chi connectivity index (χ0n) is 13.0. The molecule has 0 amide bonds. The summed E-state index contributed by atoms with van der Waals surface area (Å²) in [6.45, 7) is 10.6. The van der Waals surface area contributed by atoms with Gasteiger partial charge in [-0.1, -0.05) is 0 Å². The molecule has 2 aromatic rings. The van der Waals surface area contributed by atoms with Crippen molar-refractivity contribution in [3.63, 3.8) is 0 Å². The Morgan fingerprint density at radius 1 is 0.950 bits per heavy atom. The van der Waals surface area contributed by atoms with E-state index in [0.29, 0.717) is 0 Å². The van der Waals surface area contributed by atoms with E-state index in [9.17, 15) is 5.11 Å². The summed E-state index contributed by atoms with van der Waals surface area (Å²) in [6, 6.07) is 1.90. The first-order valence-corrected chi connectivity index (χ1v) is 7.64. The number of aliphatic hydroxyl groups excluding tert-OH is 1. The number of rotatable bonds is 3. The summed E-state index contributed by atoms with van der Waals surface area (Å²) >= 11 is 1.54. The van der Waals surface area contributed by atoms with E-state index in [2.05, 4.69) is 34.6 Å². The zero-order valence-corrected chi connectivity index (χ0v) is 13.8. The third-order valence-electron chi connectivity index (χ3n) is 4.46. The van der Waals surface area contributed by atoms with Crippen LogP contribution in [0.25, 0.3) is 0 Å². The third kappa shape index (κ3) is 2.25. The van der Waals surface area contributed by atoms with Gasteiger partial charge in [0.05, 0.1) is 12.0 Å². The first kappa shape index (κ1) is 15.1. The Bertz CT molecular complexity index is 612. The van der Waals surface area contributed by atoms with Crippen LogP contribution in [-0.2, 0) is 0 Å². The molecule has 1 aromatic heterocycles. The molecule has 2 nitrogen and oxygen atoms in total. The van der Waals surface area contributed by atoms with Gasteiger partial charge in [-0.3, -0.25) is 0 Å². The molecule has 1 aromatic carbocycles. The van der Waals surface area contributed by atoms with E-state index in [1.54, 1.807) is 7.11 Å². The van der Waals surface area contributed by atoms with Crippen molar-refractivity contribution in [1.82, 2.24) is 0 Å². The highest BCUT2D eigenvalue weighted by Crippen LogP contribution is 2.39. The first-order chi connectivity index (χ1) is 9.40. The lowest BCUT2D eigenvalue weighted by Crippen LogP contribution is -2.09. The van der Waals surface area contributed by atoms with Crippen LogP contribution in [0.4, 0.5) is 0 Å². The van der Waals surface area contributed by atoms with Crippen LogP contribution in [-0.4, -0.2) is 12.2 Å². The number of methoxy groups -OCH3 is 1. The normalized spacial score (nSPS) is 12.6. The standard InChI is InChI=1S/C17H22O2S/c1-9-10(2)12(4)15(13(5)11(9)3)16(18)17-14(19-6)7-8-20-17/h7-8,16,18H,1-6H3. The van der Waals surface area contributed by atoms with Crippen molar-refractivity contribution in [2.45, 2.75) is 40.7 Å². The average molecular weight is 290 g/mol. The van der Waals surface area contributed by atoms with Gasteiger partial charge in [-0.15, -0.1) is 11.3 Å². The van der Waals surface area contributed by atoms with Crippen molar-refractivity contribution in [2.75, 3.05) is 7.11 Å². The van der Waals surface area contributed by atoms with E-state index >= 15 is 0 Å². The summed E-state index contributed by atoms with van der Waals surface area (Å²) < 4.78 is 5.34. The fourth-order valence-corrected chi connectivity index (χ4v) is 3.60. The molecule has 0 aliphatic carbocycles. The number of hydrogen-bond donors (Lipinski definition) is 1. The molecule has 2 rings (SSSR count). The molecule has 0 saturated heterocycles. The summed E-state index contributed by atoms with van der Waals surface area (Å²) in [5, 5.41) is 12.8. The van der Waals surface area contributed by atoms with Crippen LogP contribution in [0.3, 0.4) is 0 Å². The fourth-order valence-electron chi connectivity index (χ4n) is 2.75. The monoisotopic (exact) mass is 290 g/mol. The van der Waals surface area contributed by atoms with Gasteiger partial charge in [0.2, 0.25) is 0 Å². The maximum atomic E-state index is 10.8. The van der Waals surface area contributed by atoms with Gasteiger partial charge in [0.1, 0.15) is 11.9 Å². The van der Waals surface area contributed by atoms with E-state index in [1.165, 1.54) is 39.2 Å². The topological polar surface area (TPSA) is 29.5 Å². The molecule has 20 heavy (non-hydrogen) atoms.